The molecule has 1 fully saturated rings. The summed E-state index contributed by atoms with van der Waals surface area (Å²) < 4.78 is 5.36. The maximum atomic E-state index is 5.76. The average molecular weight is 249 g/mol. The first-order valence-electron chi connectivity index (χ1n) is 6.58. The maximum absolute atomic E-state index is 5.76. The summed E-state index contributed by atoms with van der Waals surface area (Å²) >= 11 is 0. The molecule has 0 aliphatic carbocycles. The number of nitrogens with two attached hydrogens (primary N) is 1. The van der Waals surface area contributed by atoms with Gasteiger partial charge in [-0.3, -0.25) is 4.90 Å². The number of ether oxygens (including phenoxy) is 1. The molecule has 2 rings (SSSR count). The van der Waals surface area contributed by atoms with Gasteiger partial charge in [-0.2, -0.15) is 0 Å². The van der Waals surface area contributed by atoms with Crippen LogP contribution in [-0.4, -0.2) is 43.8 Å². The first-order valence-corrected chi connectivity index (χ1v) is 6.58. The van der Waals surface area contributed by atoms with Crippen LogP contribution in [0.2, 0.25) is 0 Å². The third-order valence-corrected chi connectivity index (χ3v) is 3.29. The lowest BCUT2D eigenvalue weighted by molar-refractivity contribution is 0.0368. The zero-order chi connectivity index (χ0) is 13.0. The van der Waals surface area contributed by atoms with Crippen LogP contribution in [0.25, 0.3) is 0 Å². The van der Waals surface area contributed by atoms with Gasteiger partial charge >= 0.3 is 0 Å². The van der Waals surface area contributed by atoms with Crippen LogP contribution >= 0.6 is 0 Å². The molecule has 0 amide bonds. The van der Waals surface area contributed by atoms with Gasteiger partial charge in [0.05, 0.1) is 13.2 Å². The van der Waals surface area contributed by atoms with Crippen molar-refractivity contribution in [2.24, 2.45) is 0 Å². The van der Waals surface area contributed by atoms with E-state index in [4.69, 9.17) is 10.5 Å². The summed E-state index contributed by atoms with van der Waals surface area (Å²) in [5.41, 5.74) is 8.95. The van der Waals surface area contributed by atoms with Crippen LogP contribution in [-0.2, 0) is 4.74 Å². The fourth-order valence-electron chi connectivity index (χ4n) is 2.33. The van der Waals surface area contributed by atoms with Crippen LogP contribution in [0, 0.1) is 6.92 Å². The summed E-state index contributed by atoms with van der Waals surface area (Å²) in [6, 6.07) is 6.42. The molecule has 1 aromatic carbocycles. The van der Waals surface area contributed by atoms with Crippen LogP contribution in [0.3, 0.4) is 0 Å². The van der Waals surface area contributed by atoms with E-state index in [-0.39, 0.29) is 0 Å². The molecule has 0 saturated carbocycles. The molecular formula is C14H23N3O. The molecule has 1 unspecified atom stereocenters. The first kappa shape index (κ1) is 13.2. The molecule has 0 spiro atoms. The fourth-order valence-corrected chi connectivity index (χ4v) is 2.33. The van der Waals surface area contributed by atoms with Crippen molar-refractivity contribution in [3.63, 3.8) is 0 Å². The lowest BCUT2D eigenvalue weighted by Crippen LogP contribution is -2.42. The minimum atomic E-state index is 0.422. The summed E-state index contributed by atoms with van der Waals surface area (Å²) in [5.74, 6) is 0. The molecule has 0 aromatic heterocycles. The van der Waals surface area contributed by atoms with Gasteiger partial charge in [0.1, 0.15) is 0 Å². The zero-order valence-corrected chi connectivity index (χ0v) is 11.3. The molecule has 3 N–H and O–H groups in total. The number of hydrogen-bond donors (Lipinski definition) is 2. The van der Waals surface area contributed by atoms with E-state index in [0.717, 1.165) is 38.5 Å². The van der Waals surface area contributed by atoms with E-state index in [1.54, 1.807) is 0 Å². The van der Waals surface area contributed by atoms with E-state index in [1.807, 2.05) is 12.1 Å². The molecule has 4 heteroatoms. The van der Waals surface area contributed by atoms with Crippen molar-refractivity contribution >= 4 is 11.4 Å². The summed E-state index contributed by atoms with van der Waals surface area (Å²) in [6.45, 7) is 9.12. The summed E-state index contributed by atoms with van der Waals surface area (Å²) in [5, 5.41) is 3.55. The minimum Gasteiger partial charge on any atom is -0.399 e. The molecular weight excluding hydrogens is 226 g/mol. The third kappa shape index (κ3) is 3.62. The van der Waals surface area contributed by atoms with Crippen molar-refractivity contribution in [1.82, 2.24) is 4.90 Å². The second kappa shape index (κ2) is 6.07. The summed E-state index contributed by atoms with van der Waals surface area (Å²) in [7, 11) is 0. The monoisotopic (exact) mass is 249 g/mol. The van der Waals surface area contributed by atoms with Gasteiger partial charge in [-0.15, -0.1) is 0 Å². The molecule has 4 nitrogen and oxygen atoms in total. The molecule has 1 aliphatic rings. The molecule has 1 aromatic rings. The van der Waals surface area contributed by atoms with Crippen LogP contribution in [0.15, 0.2) is 18.2 Å². The molecule has 1 atom stereocenters. The van der Waals surface area contributed by atoms with Crippen LogP contribution in [0.4, 0.5) is 11.4 Å². The van der Waals surface area contributed by atoms with Gasteiger partial charge in [-0.1, -0.05) is 0 Å². The van der Waals surface area contributed by atoms with Crippen molar-refractivity contribution in [2.75, 3.05) is 43.9 Å². The number of hydrogen-bond acceptors (Lipinski definition) is 4. The normalized spacial score (nSPS) is 18.6. The molecule has 18 heavy (non-hydrogen) atoms. The lowest BCUT2D eigenvalue weighted by Gasteiger charge is -2.30. The van der Waals surface area contributed by atoms with Gasteiger partial charge < -0.3 is 15.8 Å². The SMILES string of the molecule is Cc1cc(N)ccc1NC(C)CN1CCOCC1. The lowest BCUT2D eigenvalue weighted by atomic mass is 10.1. The van der Waals surface area contributed by atoms with E-state index < -0.39 is 0 Å². The molecule has 100 valence electrons. The Balaban J connectivity index is 1.87. The maximum Gasteiger partial charge on any atom is 0.0594 e. The van der Waals surface area contributed by atoms with E-state index in [2.05, 4.69) is 30.1 Å². The fraction of sp³-hybridized carbons (Fsp3) is 0.571. The molecule has 0 bridgehead atoms. The Hall–Kier alpha value is -1.26. The van der Waals surface area contributed by atoms with Gasteiger partial charge in [-0.25, -0.2) is 0 Å². The standard InChI is InChI=1S/C14H23N3O/c1-11-9-13(15)3-4-14(11)16-12(2)10-17-5-7-18-8-6-17/h3-4,9,12,16H,5-8,10,15H2,1-2H3. The Labute approximate surface area is 109 Å². The number of nitrogens with one attached hydrogen (secondary N) is 1. The summed E-state index contributed by atoms with van der Waals surface area (Å²) in [6.07, 6.45) is 0. The number of morpholine rings is 1. The first-order chi connectivity index (χ1) is 8.65. The molecule has 1 aliphatic heterocycles. The van der Waals surface area contributed by atoms with E-state index in [0.29, 0.717) is 6.04 Å². The van der Waals surface area contributed by atoms with Gasteiger partial charge in [0, 0.05) is 37.1 Å². The summed E-state index contributed by atoms with van der Waals surface area (Å²) in [4.78, 5) is 2.44. The van der Waals surface area contributed by atoms with E-state index in [9.17, 15) is 0 Å². The third-order valence-electron chi connectivity index (χ3n) is 3.29. The number of nitrogens with zero attached hydrogens (tertiary/aromatic N) is 1. The van der Waals surface area contributed by atoms with Crippen molar-refractivity contribution in [3.8, 4) is 0 Å². The van der Waals surface area contributed by atoms with Gasteiger partial charge in [0.2, 0.25) is 0 Å². The predicted molar refractivity (Wildman–Crippen MR) is 75.9 cm³/mol. The number of nitrogen functional groups attached to an aromatic ring is 1. The van der Waals surface area contributed by atoms with Crippen LogP contribution in [0.1, 0.15) is 12.5 Å². The highest BCUT2D eigenvalue weighted by Gasteiger charge is 2.13. The second-order valence-electron chi connectivity index (χ2n) is 5.03. The second-order valence-corrected chi connectivity index (χ2v) is 5.03. The number of anilines is 2. The Kier molecular flexibility index (Phi) is 4.44. The highest BCUT2D eigenvalue weighted by molar-refractivity contribution is 5.57. The van der Waals surface area contributed by atoms with Crippen molar-refractivity contribution in [3.05, 3.63) is 23.8 Å². The molecule has 1 saturated heterocycles. The van der Waals surface area contributed by atoms with E-state index >= 15 is 0 Å². The number of benzene rings is 1. The van der Waals surface area contributed by atoms with Gasteiger partial charge in [-0.05, 0) is 37.6 Å². The number of rotatable bonds is 4. The van der Waals surface area contributed by atoms with Crippen molar-refractivity contribution < 1.29 is 4.74 Å². The minimum absolute atomic E-state index is 0.422. The Morgan fingerprint density at radius 1 is 1.39 bits per heavy atom. The quantitative estimate of drug-likeness (QED) is 0.798. The van der Waals surface area contributed by atoms with E-state index in [1.165, 1.54) is 11.3 Å². The van der Waals surface area contributed by atoms with Crippen molar-refractivity contribution in [1.29, 1.82) is 0 Å². The average Bonchev–Trinajstić information content (AvgIpc) is 2.34. The Bertz CT molecular complexity index is 389. The van der Waals surface area contributed by atoms with Crippen molar-refractivity contribution in [2.45, 2.75) is 19.9 Å². The Morgan fingerprint density at radius 2 is 2.11 bits per heavy atom. The molecule has 1 heterocycles. The van der Waals surface area contributed by atoms with Crippen LogP contribution < -0.4 is 11.1 Å². The topological polar surface area (TPSA) is 50.5 Å². The smallest absolute Gasteiger partial charge is 0.0594 e. The van der Waals surface area contributed by atoms with Crippen LogP contribution in [0.5, 0.6) is 0 Å². The number of aryl methyl sites for hydroxylation is 1. The highest BCUT2D eigenvalue weighted by atomic mass is 16.5. The zero-order valence-electron chi connectivity index (χ0n) is 11.3. The van der Waals surface area contributed by atoms with Gasteiger partial charge in [0.15, 0.2) is 0 Å². The predicted octanol–water partition coefficient (Wildman–Crippen LogP) is 1.71. The largest absolute Gasteiger partial charge is 0.399 e. The van der Waals surface area contributed by atoms with Gasteiger partial charge in [0.25, 0.3) is 0 Å². The molecule has 0 radical (unpaired) electrons. The highest BCUT2D eigenvalue weighted by Crippen LogP contribution is 2.18. The Morgan fingerprint density at radius 3 is 2.78 bits per heavy atom.